The molecular formula is C7H12N3O2P3. The van der Waals surface area contributed by atoms with Gasteiger partial charge in [-0.2, -0.15) is 0 Å². The number of methoxy groups -OCH3 is 1. The normalized spacial score (nSPS) is 22.2. The van der Waals surface area contributed by atoms with Crippen molar-refractivity contribution < 1.29 is 9.57 Å². The Labute approximate surface area is 93.9 Å². The van der Waals surface area contributed by atoms with Gasteiger partial charge in [-0.1, -0.05) is 4.60 Å². The molecule has 15 heavy (non-hydrogen) atoms. The van der Waals surface area contributed by atoms with Gasteiger partial charge in [-0.25, -0.2) is 0 Å². The van der Waals surface area contributed by atoms with Crippen LogP contribution >= 0.6 is 26.6 Å². The summed E-state index contributed by atoms with van der Waals surface area (Å²) in [6.45, 7) is 0. The number of hydrogen-bond acceptors (Lipinski definition) is 5. The fraction of sp³-hybridized carbons (Fsp3) is 0.143. The summed E-state index contributed by atoms with van der Waals surface area (Å²) in [4.78, 5) is 12.0. The van der Waals surface area contributed by atoms with Crippen LogP contribution in [0, 0.1) is 0 Å². The van der Waals surface area contributed by atoms with E-state index in [9.17, 15) is 0 Å². The van der Waals surface area contributed by atoms with Gasteiger partial charge < -0.3 is 9.57 Å². The third-order valence-corrected chi connectivity index (χ3v) is 4.85. The number of nitrogens with one attached hydrogen (secondary N) is 2. The molecule has 0 aromatic heterocycles. The summed E-state index contributed by atoms with van der Waals surface area (Å²) in [7, 11) is 3.30. The van der Waals surface area contributed by atoms with E-state index in [1.54, 1.807) is 7.11 Å². The Balaban J connectivity index is 1.91. The summed E-state index contributed by atoms with van der Waals surface area (Å²) in [5.41, 5.74) is 0. The van der Waals surface area contributed by atoms with Crippen LogP contribution in [-0.2, 0) is 0 Å². The van der Waals surface area contributed by atoms with Gasteiger partial charge in [-0.15, -0.1) is 0 Å². The maximum atomic E-state index is 5.64. The first-order valence-corrected chi connectivity index (χ1v) is 7.16. The standard InChI is InChI=1S/C7H12N3O2P3/c1-11-6-2-4-7(5-3-6)12-10-14-8-13-9-15-10/h2-5,8-9,13-15H,1H3. The molecule has 0 bridgehead atoms. The molecule has 1 aliphatic rings. The minimum absolute atomic E-state index is 0.508. The van der Waals surface area contributed by atoms with E-state index < -0.39 is 0 Å². The van der Waals surface area contributed by atoms with Gasteiger partial charge in [0.2, 0.25) is 0 Å². The fourth-order valence-corrected chi connectivity index (χ4v) is 4.61. The molecule has 0 amide bonds. The van der Waals surface area contributed by atoms with Crippen molar-refractivity contribution in [2.45, 2.75) is 0 Å². The lowest BCUT2D eigenvalue weighted by molar-refractivity contribution is 0.146. The molecule has 5 nitrogen and oxygen atoms in total. The quantitative estimate of drug-likeness (QED) is 0.817. The van der Waals surface area contributed by atoms with Crippen LogP contribution in [0.4, 0.5) is 0 Å². The zero-order valence-corrected chi connectivity index (χ0v) is 11.1. The molecule has 1 saturated heterocycles. The van der Waals surface area contributed by atoms with E-state index in [0.29, 0.717) is 26.6 Å². The summed E-state index contributed by atoms with van der Waals surface area (Å²) < 4.78 is 6.94. The molecule has 1 aliphatic heterocycles. The predicted molar refractivity (Wildman–Crippen MR) is 66.7 cm³/mol. The molecule has 82 valence electrons. The summed E-state index contributed by atoms with van der Waals surface area (Å²) in [5, 5.41) is 0. The van der Waals surface area contributed by atoms with E-state index in [2.05, 4.69) is 9.72 Å². The number of rotatable bonds is 3. The van der Waals surface area contributed by atoms with Crippen LogP contribution in [0.5, 0.6) is 11.5 Å². The maximum Gasteiger partial charge on any atom is 0.148 e. The van der Waals surface area contributed by atoms with Gasteiger partial charge in [0.15, 0.2) is 0 Å². The largest absolute Gasteiger partial charge is 0.497 e. The van der Waals surface area contributed by atoms with Crippen molar-refractivity contribution in [1.82, 2.24) is 14.3 Å². The second-order valence-corrected chi connectivity index (χ2v) is 6.62. The van der Waals surface area contributed by atoms with Crippen LogP contribution < -0.4 is 19.3 Å². The van der Waals surface area contributed by atoms with Crippen LogP contribution in [0.15, 0.2) is 24.3 Å². The molecule has 0 spiro atoms. The van der Waals surface area contributed by atoms with Crippen LogP contribution in [0.1, 0.15) is 0 Å². The van der Waals surface area contributed by atoms with Crippen molar-refractivity contribution in [1.29, 1.82) is 0 Å². The Morgan fingerprint density at radius 3 is 2.27 bits per heavy atom. The molecule has 8 heteroatoms. The lowest BCUT2D eigenvalue weighted by Gasteiger charge is -2.26. The summed E-state index contributed by atoms with van der Waals surface area (Å²) >= 11 is 0. The molecule has 0 saturated carbocycles. The zero-order chi connectivity index (χ0) is 10.5. The fourth-order valence-electron chi connectivity index (χ4n) is 1.00. The number of hydrogen-bond donors (Lipinski definition) is 2. The number of benzene rings is 1. The topological polar surface area (TPSA) is 45.8 Å². The monoisotopic (exact) mass is 263 g/mol. The number of nitrogens with zero attached hydrogens (tertiary/aromatic N) is 1. The average Bonchev–Trinajstić information content (AvgIpc) is 2.31. The van der Waals surface area contributed by atoms with Gasteiger partial charge >= 0.3 is 0 Å². The van der Waals surface area contributed by atoms with Crippen molar-refractivity contribution in [3.05, 3.63) is 24.3 Å². The first-order chi connectivity index (χ1) is 7.38. The molecule has 0 aliphatic carbocycles. The molecule has 2 unspecified atom stereocenters. The third-order valence-electron chi connectivity index (χ3n) is 1.70. The summed E-state index contributed by atoms with van der Waals surface area (Å²) in [6.07, 6.45) is 0. The van der Waals surface area contributed by atoms with E-state index >= 15 is 0 Å². The first kappa shape index (κ1) is 11.5. The van der Waals surface area contributed by atoms with Crippen LogP contribution in [0.2, 0.25) is 0 Å². The smallest absolute Gasteiger partial charge is 0.148 e. The van der Waals surface area contributed by atoms with E-state index in [-0.39, 0.29) is 0 Å². The van der Waals surface area contributed by atoms with Crippen molar-refractivity contribution in [2.24, 2.45) is 0 Å². The molecule has 0 radical (unpaired) electrons. The van der Waals surface area contributed by atoms with Crippen molar-refractivity contribution in [3.8, 4) is 11.5 Å². The van der Waals surface area contributed by atoms with Crippen LogP contribution in [0.25, 0.3) is 0 Å². The Morgan fingerprint density at radius 1 is 1.07 bits per heavy atom. The highest BCUT2D eigenvalue weighted by Crippen LogP contribution is 2.38. The van der Waals surface area contributed by atoms with Crippen molar-refractivity contribution in [2.75, 3.05) is 7.11 Å². The molecule has 1 aromatic rings. The predicted octanol–water partition coefficient (Wildman–Crippen LogP) is 2.01. The van der Waals surface area contributed by atoms with Crippen LogP contribution in [0.3, 0.4) is 0 Å². The number of ether oxygens (including phenoxy) is 1. The Hall–Kier alpha value is -0.0100. The Kier molecular flexibility index (Phi) is 4.52. The highest BCUT2D eigenvalue weighted by atomic mass is 31.2. The van der Waals surface area contributed by atoms with Gasteiger partial charge in [0.25, 0.3) is 0 Å². The van der Waals surface area contributed by atoms with Crippen LogP contribution in [-0.4, -0.2) is 11.7 Å². The second-order valence-electron chi connectivity index (χ2n) is 2.66. The van der Waals surface area contributed by atoms with E-state index in [1.807, 2.05) is 28.9 Å². The van der Waals surface area contributed by atoms with Gasteiger partial charge in [-0.05, 0) is 24.3 Å². The van der Waals surface area contributed by atoms with Gasteiger partial charge in [0.1, 0.15) is 11.5 Å². The Bertz CT molecular complexity index is 305. The molecule has 2 rings (SSSR count). The van der Waals surface area contributed by atoms with E-state index in [0.717, 1.165) is 11.5 Å². The van der Waals surface area contributed by atoms with E-state index in [4.69, 9.17) is 9.57 Å². The third kappa shape index (κ3) is 3.49. The van der Waals surface area contributed by atoms with E-state index in [1.165, 1.54) is 0 Å². The van der Waals surface area contributed by atoms with Crippen molar-refractivity contribution in [3.63, 3.8) is 0 Å². The zero-order valence-electron chi connectivity index (χ0n) is 8.07. The van der Waals surface area contributed by atoms with Gasteiger partial charge in [-0.3, -0.25) is 9.72 Å². The molecule has 1 fully saturated rings. The Morgan fingerprint density at radius 2 is 1.67 bits per heavy atom. The average molecular weight is 263 g/mol. The first-order valence-electron chi connectivity index (χ1n) is 4.27. The SMILES string of the molecule is COc1ccc(ON2PNPNP2)cc1. The second kappa shape index (κ2) is 5.91. The minimum atomic E-state index is 0.508. The molecule has 2 N–H and O–H groups in total. The highest BCUT2D eigenvalue weighted by molar-refractivity contribution is 7.65. The molecule has 2 atom stereocenters. The summed E-state index contributed by atoms with van der Waals surface area (Å²) in [5.74, 6) is 1.66. The molecule has 1 heterocycles. The van der Waals surface area contributed by atoms with Gasteiger partial charge in [0.05, 0.1) is 24.9 Å². The minimum Gasteiger partial charge on any atom is -0.497 e. The highest BCUT2D eigenvalue weighted by Gasteiger charge is 2.10. The molecular weight excluding hydrogens is 251 g/mol. The van der Waals surface area contributed by atoms with Gasteiger partial charge in [0, 0.05) is 8.88 Å². The van der Waals surface area contributed by atoms with Crippen molar-refractivity contribution >= 4 is 26.6 Å². The summed E-state index contributed by atoms with van der Waals surface area (Å²) in [6, 6.07) is 7.55. The maximum absolute atomic E-state index is 5.64. The lowest BCUT2D eigenvalue weighted by atomic mass is 10.3. The molecule has 1 aromatic carbocycles. The lowest BCUT2D eigenvalue weighted by Crippen LogP contribution is -2.19.